The molecule has 1 heterocycles. The molecule has 1 aliphatic rings. The fraction of sp³-hybridized carbons (Fsp3) is 0.333. The smallest absolute Gasteiger partial charge is 0.260 e. The van der Waals surface area contributed by atoms with Gasteiger partial charge in [-0.15, -0.1) is 0 Å². The maximum absolute atomic E-state index is 12.7. The monoisotopic (exact) mass is 221 g/mol. The maximum atomic E-state index is 12.7. The molecule has 2 amide bonds. The Morgan fingerprint density at radius 1 is 1.38 bits per heavy atom. The minimum absolute atomic E-state index is 0.151. The molecule has 16 heavy (non-hydrogen) atoms. The Labute approximate surface area is 92.9 Å². The first-order valence-electron chi connectivity index (χ1n) is 5.18. The van der Waals surface area contributed by atoms with Gasteiger partial charge in [-0.3, -0.25) is 14.5 Å². The lowest BCUT2D eigenvalue weighted by Gasteiger charge is -2.13. The van der Waals surface area contributed by atoms with Crippen molar-refractivity contribution < 1.29 is 14.0 Å². The average Bonchev–Trinajstić information content (AvgIpc) is 2.58. The second-order valence-corrected chi connectivity index (χ2v) is 4.13. The van der Waals surface area contributed by atoms with Gasteiger partial charge in [-0.2, -0.15) is 0 Å². The van der Waals surface area contributed by atoms with Crippen molar-refractivity contribution in [2.24, 2.45) is 5.92 Å². The Morgan fingerprint density at radius 2 is 2.00 bits per heavy atom. The molecule has 0 spiro atoms. The summed E-state index contributed by atoms with van der Waals surface area (Å²) in [5, 5.41) is 0. The molecule has 1 aromatic carbocycles. The van der Waals surface area contributed by atoms with E-state index < -0.39 is 5.82 Å². The molecule has 0 radical (unpaired) electrons. The van der Waals surface area contributed by atoms with Gasteiger partial charge in [0, 0.05) is 18.5 Å². The summed E-state index contributed by atoms with van der Waals surface area (Å²) >= 11 is 0. The highest BCUT2D eigenvalue weighted by molar-refractivity contribution is 6.05. The Bertz CT molecular complexity index is 427. The van der Waals surface area contributed by atoms with E-state index in [1.54, 1.807) is 0 Å². The molecule has 1 unspecified atom stereocenters. The third-order valence-electron chi connectivity index (χ3n) is 2.65. The molecule has 1 saturated heterocycles. The first-order chi connectivity index (χ1) is 7.58. The summed E-state index contributed by atoms with van der Waals surface area (Å²) in [4.78, 5) is 24.6. The molecule has 0 aromatic heterocycles. The topological polar surface area (TPSA) is 37.4 Å². The zero-order valence-electron chi connectivity index (χ0n) is 8.94. The molecule has 1 atom stereocenters. The number of benzene rings is 1. The standard InChI is InChI=1S/C12H12FNO2/c1-8-6-11(15)14(7-8)12(16)9-2-4-10(13)5-3-9/h2-5,8H,6-7H2,1H3. The molecule has 1 aliphatic heterocycles. The van der Waals surface area contributed by atoms with Crippen LogP contribution in [0.1, 0.15) is 23.7 Å². The second-order valence-electron chi connectivity index (χ2n) is 4.13. The minimum Gasteiger partial charge on any atom is -0.278 e. The normalized spacial score (nSPS) is 20.2. The van der Waals surface area contributed by atoms with Crippen LogP contribution in [0.25, 0.3) is 0 Å². The van der Waals surface area contributed by atoms with E-state index in [0.29, 0.717) is 18.5 Å². The SMILES string of the molecule is CC1CC(=O)N(C(=O)c2ccc(F)cc2)C1. The Morgan fingerprint density at radius 3 is 2.50 bits per heavy atom. The molecule has 84 valence electrons. The van der Waals surface area contributed by atoms with E-state index >= 15 is 0 Å². The Hall–Kier alpha value is -1.71. The van der Waals surface area contributed by atoms with Crippen LogP contribution in [-0.4, -0.2) is 23.3 Å². The van der Waals surface area contributed by atoms with Crippen LogP contribution in [0.2, 0.25) is 0 Å². The van der Waals surface area contributed by atoms with Gasteiger partial charge in [-0.1, -0.05) is 6.92 Å². The fourth-order valence-electron chi connectivity index (χ4n) is 1.83. The number of hydrogen-bond acceptors (Lipinski definition) is 2. The van der Waals surface area contributed by atoms with Crippen LogP contribution in [0.5, 0.6) is 0 Å². The van der Waals surface area contributed by atoms with Crippen LogP contribution in [0.15, 0.2) is 24.3 Å². The second kappa shape index (κ2) is 4.04. The van der Waals surface area contributed by atoms with E-state index in [1.165, 1.54) is 29.2 Å². The van der Waals surface area contributed by atoms with Gasteiger partial charge in [0.2, 0.25) is 5.91 Å². The van der Waals surface area contributed by atoms with Crippen LogP contribution < -0.4 is 0 Å². The zero-order chi connectivity index (χ0) is 11.7. The van der Waals surface area contributed by atoms with Crippen LogP contribution in [0.4, 0.5) is 4.39 Å². The van der Waals surface area contributed by atoms with Gasteiger partial charge in [-0.25, -0.2) is 4.39 Å². The van der Waals surface area contributed by atoms with Gasteiger partial charge in [0.1, 0.15) is 5.82 Å². The van der Waals surface area contributed by atoms with E-state index in [4.69, 9.17) is 0 Å². The molecule has 0 bridgehead atoms. The first kappa shape index (κ1) is 10.8. The molecule has 0 saturated carbocycles. The molecule has 2 rings (SSSR count). The molecule has 4 heteroatoms. The largest absolute Gasteiger partial charge is 0.278 e. The predicted molar refractivity (Wildman–Crippen MR) is 56.2 cm³/mol. The number of hydrogen-bond donors (Lipinski definition) is 0. The summed E-state index contributed by atoms with van der Waals surface area (Å²) in [5.41, 5.74) is 0.351. The number of carbonyl (C=O) groups excluding carboxylic acids is 2. The lowest BCUT2D eigenvalue weighted by atomic mass is 10.2. The molecule has 1 fully saturated rings. The molecule has 1 aromatic rings. The molecule has 3 nitrogen and oxygen atoms in total. The van der Waals surface area contributed by atoms with Crippen molar-refractivity contribution in [1.29, 1.82) is 0 Å². The highest BCUT2D eigenvalue weighted by Crippen LogP contribution is 2.19. The summed E-state index contributed by atoms with van der Waals surface area (Å²) < 4.78 is 12.7. The van der Waals surface area contributed by atoms with Crippen LogP contribution in [0, 0.1) is 11.7 Å². The summed E-state index contributed by atoms with van der Waals surface area (Å²) in [5.74, 6) is -0.675. The van der Waals surface area contributed by atoms with Gasteiger partial charge >= 0.3 is 0 Å². The van der Waals surface area contributed by atoms with Gasteiger partial charge in [-0.05, 0) is 30.2 Å². The number of rotatable bonds is 1. The molecule has 0 aliphatic carbocycles. The lowest BCUT2D eigenvalue weighted by Crippen LogP contribution is -2.32. The number of carbonyl (C=O) groups is 2. The summed E-state index contributed by atoms with van der Waals surface area (Å²) in [6.07, 6.45) is 0.410. The van der Waals surface area contributed by atoms with Gasteiger partial charge < -0.3 is 0 Å². The molecular formula is C12H12FNO2. The van der Waals surface area contributed by atoms with Crippen molar-refractivity contribution in [2.75, 3.05) is 6.54 Å². The summed E-state index contributed by atoms with van der Waals surface area (Å²) in [6, 6.07) is 5.23. The lowest BCUT2D eigenvalue weighted by molar-refractivity contribution is -0.125. The summed E-state index contributed by atoms with van der Waals surface area (Å²) in [7, 11) is 0. The highest BCUT2D eigenvalue weighted by atomic mass is 19.1. The zero-order valence-corrected chi connectivity index (χ0v) is 8.94. The van der Waals surface area contributed by atoms with E-state index in [-0.39, 0.29) is 17.7 Å². The highest BCUT2D eigenvalue weighted by Gasteiger charge is 2.31. The molecular weight excluding hydrogens is 209 g/mol. The Balaban J connectivity index is 2.19. The van der Waals surface area contributed by atoms with Crippen molar-refractivity contribution in [3.63, 3.8) is 0 Å². The van der Waals surface area contributed by atoms with Crippen molar-refractivity contribution >= 4 is 11.8 Å². The minimum atomic E-state index is -0.391. The third-order valence-corrected chi connectivity index (χ3v) is 2.65. The van der Waals surface area contributed by atoms with E-state index in [0.717, 1.165) is 0 Å². The van der Waals surface area contributed by atoms with Crippen molar-refractivity contribution in [2.45, 2.75) is 13.3 Å². The van der Waals surface area contributed by atoms with E-state index in [9.17, 15) is 14.0 Å². The first-order valence-corrected chi connectivity index (χ1v) is 5.18. The fourth-order valence-corrected chi connectivity index (χ4v) is 1.83. The number of halogens is 1. The predicted octanol–water partition coefficient (Wildman–Crippen LogP) is 1.83. The number of likely N-dealkylation sites (tertiary alicyclic amines) is 1. The molecule has 0 N–H and O–H groups in total. The van der Waals surface area contributed by atoms with Crippen LogP contribution in [0.3, 0.4) is 0 Å². The summed E-state index contributed by atoms with van der Waals surface area (Å²) in [6.45, 7) is 2.38. The van der Waals surface area contributed by atoms with Crippen LogP contribution >= 0.6 is 0 Å². The quantitative estimate of drug-likeness (QED) is 0.678. The van der Waals surface area contributed by atoms with Gasteiger partial charge in [0.15, 0.2) is 0 Å². The number of nitrogens with zero attached hydrogens (tertiary/aromatic N) is 1. The third kappa shape index (κ3) is 1.96. The van der Waals surface area contributed by atoms with Crippen LogP contribution in [-0.2, 0) is 4.79 Å². The van der Waals surface area contributed by atoms with E-state index in [1.807, 2.05) is 6.92 Å². The average molecular weight is 221 g/mol. The van der Waals surface area contributed by atoms with Gasteiger partial charge in [0.05, 0.1) is 0 Å². The maximum Gasteiger partial charge on any atom is 0.260 e. The number of amides is 2. The van der Waals surface area contributed by atoms with Crippen molar-refractivity contribution in [3.05, 3.63) is 35.6 Å². The number of imide groups is 1. The van der Waals surface area contributed by atoms with Crippen molar-refractivity contribution in [1.82, 2.24) is 4.90 Å². The Kier molecular flexibility index (Phi) is 2.73. The van der Waals surface area contributed by atoms with E-state index in [2.05, 4.69) is 0 Å². The van der Waals surface area contributed by atoms with Gasteiger partial charge in [0.25, 0.3) is 5.91 Å². The van der Waals surface area contributed by atoms with Crippen molar-refractivity contribution in [3.8, 4) is 0 Å².